The zero-order chi connectivity index (χ0) is 15.2. The van der Waals surface area contributed by atoms with E-state index in [1.807, 2.05) is 56.3 Å². The fraction of sp³-hybridized carbons (Fsp3) is 0.235. The van der Waals surface area contributed by atoms with Crippen LogP contribution < -0.4 is 10.6 Å². The molecule has 3 nitrogen and oxygen atoms in total. The van der Waals surface area contributed by atoms with Crippen molar-refractivity contribution >= 4 is 28.9 Å². The highest BCUT2D eigenvalue weighted by Gasteiger charge is 2.05. The molecule has 2 aromatic carbocycles. The second kappa shape index (κ2) is 7.14. The number of anilines is 2. The molecule has 0 radical (unpaired) electrons. The first-order chi connectivity index (χ1) is 10.0. The van der Waals surface area contributed by atoms with Crippen molar-refractivity contribution in [2.24, 2.45) is 0 Å². The van der Waals surface area contributed by atoms with Crippen molar-refractivity contribution in [2.45, 2.75) is 20.3 Å². The van der Waals surface area contributed by atoms with Gasteiger partial charge >= 0.3 is 0 Å². The van der Waals surface area contributed by atoms with Gasteiger partial charge in [0, 0.05) is 29.4 Å². The number of carbonyl (C=O) groups is 1. The molecule has 0 aliphatic carbocycles. The Morgan fingerprint density at radius 3 is 2.71 bits per heavy atom. The number of nitrogens with one attached hydrogen (secondary N) is 2. The number of amides is 1. The van der Waals surface area contributed by atoms with E-state index >= 15 is 0 Å². The molecule has 0 heterocycles. The van der Waals surface area contributed by atoms with E-state index in [1.165, 1.54) is 0 Å². The third-order valence-electron chi connectivity index (χ3n) is 3.17. The van der Waals surface area contributed by atoms with Gasteiger partial charge in [0.25, 0.3) is 0 Å². The lowest BCUT2D eigenvalue weighted by Gasteiger charge is -2.10. The minimum atomic E-state index is -0.00164. The first kappa shape index (κ1) is 15.4. The molecule has 0 unspecified atom stereocenters. The van der Waals surface area contributed by atoms with Gasteiger partial charge in [-0.1, -0.05) is 29.8 Å². The van der Waals surface area contributed by atoms with Gasteiger partial charge in [-0.05, 0) is 49.2 Å². The number of aryl methyl sites for hydroxylation is 2. The van der Waals surface area contributed by atoms with Gasteiger partial charge in [0.2, 0.25) is 5.91 Å². The van der Waals surface area contributed by atoms with Crippen molar-refractivity contribution < 1.29 is 4.79 Å². The average Bonchev–Trinajstić information content (AvgIpc) is 2.43. The summed E-state index contributed by atoms with van der Waals surface area (Å²) in [5, 5.41) is 6.81. The summed E-state index contributed by atoms with van der Waals surface area (Å²) in [6, 6.07) is 13.5. The number of hydrogen-bond acceptors (Lipinski definition) is 2. The van der Waals surface area contributed by atoms with Crippen LogP contribution in [0.5, 0.6) is 0 Å². The Hall–Kier alpha value is -2.00. The molecule has 2 rings (SSSR count). The van der Waals surface area contributed by atoms with Gasteiger partial charge in [0.15, 0.2) is 0 Å². The van der Waals surface area contributed by atoms with Gasteiger partial charge in [0.1, 0.15) is 0 Å². The molecule has 110 valence electrons. The molecule has 4 heteroatoms. The Bertz CT molecular complexity index is 640. The monoisotopic (exact) mass is 302 g/mol. The minimum Gasteiger partial charge on any atom is -0.384 e. The average molecular weight is 303 g/mol. The van der Waals surface area contributed by atoms with Crippen LogP contribution in [0, 0.1) is 13.8 Å². The van der Waals surface area contributed by atoms with Gasteiger partial charge in [-0.15, -0.1) is 0 Å². The van der Waals surface area contributed by atoms with E-state index < -0.39 is 0 Å². The summed E-state index contributed by atoms with van der Waals surface area (Å²) in [5.41, 5.74) is 3.99. The molecule has 0 aliphatic heterocycles. The van der Waals surface area contributed by atoms with Crippen molar-refractivity contribution in [3.05, 3.63) is 58.6 Å². The van der Waals surface area contributed by atoms with E-state index in [9.17, 15) is 4.79 Å². The molecule has 0 bridgehead atoms. The van der Waals surface area contributed by atoms with Crippen molar-refractivity contribution in [2.75, 3.05) is 17.2 Å². The fourth-order valence-corrected chi connectivity index (χ4v) is 2.19. The Balaban J connectivity index is 1.84. The quantitative estimate of drug-likeness (QED) is 0.859. The summed E-state index contributed by atoms with van der Waals surface area (Å²) in [6.07, 6.45) is 0.403. The standard InChI is InChI=1S/C17H19ClN2O/c1-12-6-7-13(2)16(10-12)20-17(21)8-9-19-15-5-3-4-14(18)11-15/h3-7,10-11,19H,8-9H2,1-2H3,(H,20,21). The highest BCUT2D eigenvalue weighted by atomic mass is 35.5. The Morgan fingerprint density at radius 1 is 1.14 bits per heavy atom. The largest absolute Gasteiger partial charge is 0.384 e. The summed E-state index contributed by atoms with van der Waals surface area (Å²) in [7, 11) is 0. The molecular formula is C17H19ClN2O. The van der Waals surface area contributed by atoms with Crippen LogP contribution in [0.4, 0.5) is 11.4 Å². The lowest BCUT2D eigenvalue weighted by atomic mass is 10.1. The van der Waals surface area contributed by atoms with E-state index in [0.717, 1.165) is 22.5 Å². The van der Waals surface area contributed by atoms with Crippen LogP contribution in [0.15, 0.2) is 42.5 Å². The van der Waals surface area contributed by atoms with E-state index in [1.54, 1.807) is 0 Å². The zero-order valence-electron chi connectivity index (χ0n) is 12.2. The van der Waals surface area contributed by atoms with Crippen LogP contribution in [0.3, 0.4) is 0 Å². The second-order valence-electron chi connectivity index (χ2n) is 5.05. The highest BCUT2D eigenvalue weighted by Crippen LogP contribution is 2.17. The van der Waals surface area contributed by atoms with Crippen molar-refractivity contribution in [1.82, 2.24) is 0 Å². The summed E-state index contributed by atoms with van der Waals surface area (Å²) in [4.78, 5) is 12.0. The van der Waals surface area contributed by atoms with E-state index in [4.69, 9.17) is 11.6 Å². The Labute approximate surface area is 130 Å². The number of carbonyl (C=O) groups excluding carboxylic acids is 1. The number of hydrogen-bond donors (Lipinski definition) is 2. The maximum Gasteiger partial charge on any atom is 0.226 e. The molecule has 2 aromatic rings. The summed E-state index contributed by atoms with van der Waals surface area (Å²) >= 11 is 5.91. The Morgan fingerprint density at radius 2 is 1.95 bits per heavy atom. The molecule has 0 fully saturated rings. The topological polar surface area (TPSA) is 41.1 Å². The van der Waals surface area contributed by atoms with Crippen LogP contribution in [-0.2, 0) is 4.79 Å². The van der Waals surface area contributed by atoms with Crippen molar-refractivity contribution in [3.8, 4) is 0 Å². The highest BCUT2D eigenvalue weighted by molar-refractivity contribution is 6.30. The third kappa shape index (κ3) is 4.80. The first-order valence-corrected chi connectivity index (χ1v) is 7.29. The van der Waals surface area contributed by atoms with Crippen LogP contribution in [-0.4, -0.2) is 12.5 Å². The molecule has 0 aromatic heterocycles. The number of rotatable bonds is 5. The first-order valence-electron chi connectivity index (χ1n) is 6.91. The summed E-state index contributed by atoms with van der Waals surface area (Å²) in [6.45, 7) is 4.56. The smallest absolute Gasteiger partial charge is 0.226 e. The van der Waals surface area contributed by atoms with Gasteiger partial charge in [-0.25, -0.2) is 0 Å². The van der Waals surface area contributed by atoms with Gasteiger partial charge in [0.05, 0.1) is 0 Å². The molecule has 0 spiro atoms. The summed E-state index contributed by atoms with van der Waals surface area (Å²) < 4.78 is 0. The number of benzene rings is 2. The molecule has 0 aliphatic rings. The molecule has 0 atom stereocenters. The van der Waals surface area contributed by atoms with Crippen LogP contribution in [0.2, 0.25) is 5.02 Å². The molecule has 0 saturated carbocycles. The molecule has 2 N–H and O–H groups in total. The maximum absolute atomic E-state index is 12.0. The van der Waals surface area contributed by atoms with Gasteiger partial charge in [-0.3, -0.25) is 4.79 Å². The molecular weight excluding hydrogens is 284 g/mol. The van der Waals surface area contributed by atoms with Gasteiger partial charge in [-0.2, -0.15) is 0 Å². The molecule has 1 amide bonds. The van der Waals surface area contributed by atoms with Crippen molar-refractivity contribution in [3.63, 3.8) is 0 Å². The Kier molecular flexibility index (Phi) is 5.23. The minimum absolute atomic E-state index is 0.00164. The van der Waals surface area contributed by atoms with Crippen LogP contribution in [0.25, 0.3) is 0 Å². The SMILES string of the molecule is Cc1ccc(C)c(NC(=O)CCNc2cccc(Cl)c2)c1. The maximum atomic E-state index is 12.0. The molecule has 21 heavy (non-hydrogen) atoms. The lowest BCUT2D eigenvalue weighted by Crippen LogP contribution is -2.16. The van der Waals surface area contributed by atoms with E-state index in [0.29, 0.717) is 18.0 Å². The zero-order valence-corrected chi connectivity index (χ0v) is 13.0. The van der Waals surface area contributed by atoms with E-state index in [-0.39, 0.29) is 5.91 Å². The number of halogens is 1. The predicted molar refractivity (Wildman–Crippen MR) is 89.1 cm³/mol. The lowest BCUT2D eigenvalue weighted by molar-refractivity contribution is -0.115. The van der Waals surface area contributed by atoms with Crippen LogP contribution in [0.1, 0.15) is 17.5 Å². The normalized spacial score (nSPS) is 10.2. The van der Waals surface area contributed by atoms with Gasteiger partial charge < -0.3 is 10.6 Å². The summed E-state index contributed by atoms with van der Waals surface area (Å²) in [5.74, 6) is -0.00164. The third-order valence-corrected chi connectivity index (χ3v) is 3.41. The van der Waals surface area contributed by atoms with Crippen molar-refractivity contribution in [1.29, 1.82) is 0 Å². The van der Waals surface area contributed by atoms with E-state index in [2.05, 4.69) is 10.6 Å². The second-order valence-corrected chi connectivity index (χ2v) is 5.49. The van der Waals surface area contributed by atoms with Crippen LogP contribution >= 0.6 is 11.6 Å². The molecule has 0 saturated heterocycles. The fourth-order valence-electron chi connectivity index (χ4n) is 2.00. The predicted octanol–water partition coefficient (Wildman–Crippen LogP) is 4.40.